The molecule has 6 nitrogen and oxygen atoms in total. The summed E-state index contributed by atoms with van der Waals surface area (Å²) in [6.45, 7) is 7.72. The highest BCUT2D eigenvalue weighted by molar-refractivity contribution is 5.95. The summed E-state index contributed by atoms with van der Waals surface area (Å²) in [5.41, 5.74) is 3.98. The summed E-state index contributed by atoms with van der Waals surface area (Å²) in [5.74, 6) is 1.17. The number of amides is 1. The number of aromatic nitrogens is 1. The zero-order valence-electron chi connectivity index (χ0n) is 26.2. The molecule has 2 heterocycles. The van der Waals surface area contributed by atoms with Gasteiger partial charge in [-0.25, -0.2) is 0 Å². The number of carbonyl (C=O) groups is 1. The van der Waals surface area contributed by atoms with Crippen molar-refractivity contribution in [2.24, 2.45) is 0 Å². The molecule has 5 rings (SSSR count). The van der Waals surface area contributed by atoms with Gasteiger partial charge in [0.05, 0.1) is 19.3 Å². The van der Waals surface area contributed by atoms with Crippen molar-refractivity contribution in [1.82, 2.24) is 14.8 Å². The van der Waals surface area contributed by atoms with E-state index in [4.69, 9.17) is 4.74 Å². The monoisotopic (exact) mass is 621 g/mol. The van der Waals surface area contributed by atoms with E-state index in [1.165, 1.54) is 28.6 Å². The fourth-order valence-corrected chi connectivity index (χ4v) is 6.36. The predicted octanol–water partition coefficient (Wildman–Crippen LogP) is 7.80. The Labute approximate surface area is 262 Å². The van der Waals surface area contributed by atoms with Gasteiger partial charge in [-0.2, -0.15) is 13.2 Å². The number of ether oxygens (including phenoxy) is 1. The first-order valence-corrected chi connectivity index (χ1v) is 15.7. The molecule has 0 unspecified atom stereocenters. The van der Waals surface area contributed by atoms with Crippen LogP contribution in [0.3, 0.4) is 0 Å². The molecule has 0 spiro atoms. The summed E-state index contributed by atoms with van der Waals surface area (Å²) in [7, 11) is 1.71. The van der Waals surface area contributed by atoms with E-state index >= 15 is 0 Å². The molecular formula is C36H42F3N3O3. The van der Waals surface area contributed by atoms with Crippen molar-refractivity contribution < 1.29 is 27.8 Å². The van der Waals surface area contributed by atoms with Crippen LogP contribution in [0.15, 0.2) is 66.9 Å². The summed E-state index contributed by atoms with van der Waals surface area (Å²) in [4.78, 5) is 15.3. The zero-order chi connectivity index (χ0) is 32.1. The number of rotatable bonds is 11. The third-order valence-electron chi connectivity index (χ3n) is 8.90. The first kappa shape index (κ1) is 32.6. The Morgan fingerprint density at radius 2 is 1.76 bits per heavy atom. The molecule has 2 N–H and O–H groups in total. The van der Waals surface area contributed by atoms with Crippen LogP contribution >= 0.6 is 0 Å². The molecular weight excluding hydrogens is 579 g/mol. The van der Waals surface area contributed by atoms with Crippen LogP contribution in [-0.2, 0) is 12.8 Å². The third-order valence-corrected chi connectivity index (χ3v) is 8.90. The minimum absolute atomic E-state index is 0.235. The molecule has 3 aromatic carbocycles. The molecule has 45 heavy (non-hydrogen) atoms. The Balaban J connectivity index is 1.08. The van der Waals surface area contributed by atoms with Crippen LogP contribution in [0.1, 0.15) is 78.5 Å². The number of nitrogens with one attached hydrogen (secondary N) is 1. The van der Waals surface area contributed by atoms with Gasteiger partial charge in [-0.15, -0.1) is 0 Å². The number of hydrogen-bond acceptors (Lipinski definition) is 4. The maximum absolute atomic E-state index is 12.9. The third kappa shape index (κ3) is 7.53. The number of likely N-dealkylation sites (tertiary alicyclic amines) is 1. The van der Waals surface area contributed by atoms with Crippen molar-refractivity contribution in [3.63, 3.8) is 0 Å². The predicted molar refractivity (Wildman–Crippen MR) is 172 cm³/mol. The molecule has 4 aromatic rings. The van der Waals surface area contributed by atoms with Gasteiger partial charge in [-0.1, -0.05) is 18.2 Å². The standard InChI is InChI=1S/C36H42F3N3O3/c1-24(2)42-22-33(32-21-30(45-3)11-13-34(32)42)26-14-18-41(19-15-26)17-5-4-16-40-35(44)27-8-12-31(28(20-27)23-43)25-6-9-29(10-7-25)36(37,38)39/h6-13,20-22,24,26,43H,4-5,14-19,23H2,1-3H3,(H,40,44). The van der Waals surface area contributed by atoms with Gasteiger partial charge in [0.15, 0.2) is 0 Å². The van der Waals surface area contributed by atoms with Gasteiger partial charge in [-0.05, 0) is 130 Å². The topological polar surface area (TPSA) is 66.7 Å². The summed E-state index contributed by atoms with van der Waals surface area (Å²) in [5, 5.41) is 14.1. The van der Waals surface area contributed by atoms with Crippen molar-refractivity contribution in [1.29, 1.82) is 0 Å². The molecule has 0 aliphatic carbocycles. The second kappa shape index (κ2) is 14.1. The van der Waals surface area contributed by atoms with Crippen molar-refractivity contribution in [3.05, 3.63) is 89.1 Å². The lowest BCUT2D eigenvalue weighted by molar-refractivity contribution is -0.137. The molecule has 1 aliphatic heterocycles. The van der Waals surface area contributed by atoms with Gasteiger partial charge >= 0.3 is 6.18 Å². The van der Waals surface area contributed by atoms with E-state index < -0.39 is 11.7 Å². The molecule has 0 bridgehead atoms. The fraction of sp³-hybridized carbons (Fsp3) is 0.417. The largest absolute Gasteiger partial charge is 0.497 e. The van der Waals surface area contributed by atoms with Crippen LogP contribution in [0.4, 0.5) is 13.2 Å². The zero-order valence-corrected chi connectivity index (χ0v) is 26.2. The van der Waals surface area contributed by atoms with E-state index in [0.29, 0.717) is 40.8 Å². The average Bonchev–Trinajstić information content (AvgIpc) is 3.43. The number of methoxy groups -OCH3 is 1. The molecule has 1 saturated heterocycles. The van der Waals surface area contributed by atoms with E-state index in [9.17, 15) is 23.1 Å². The maximum atomic E-state index is 12.9. The van der Waals surface area contributed by atoms with Crippen molar-refractivity contribution >= 4 is 16.8 Å². The minimum atomic E-state index is -4.41. The highest BCUT2D eigenvalue weighted by Gasteiger charge is 2.30. The van der Waals surface area contributed by atoms with Gasteiger partial charge in [0.2, 0.25) is 0 Å². The lowest BCUT2D eigenvalue weighted by atomic mass is 9.89. The highest BCUT2D eigenvalue weighted by atomic mass is 19.4. The molecule has 1 fully saturated rings. The molecule has 0 saturated carbocycles. The molecule has 0 atom stereocenters. The van der Waals surface area contributed by atoms with Crippen LogP contribution < -0.4 is 10.1 Å². The van der Waals surface area contributed by atoms with Crippen LogP contribution in [0.5, 0.6) is 5.75 Å². The number of fused-ring (bicyclic) bond motifs is 1. The Morgan fingerprint density at radius 3 is 2.40 bits per heavy atom. The Bertz CT molecular complexity index is 1600. The molecule has 1 amide bonds. The Hall–Kier alpha value is -3.82. The number of nitrogens with zero attached hydrogens (tertiary/aromatic N) is 2. The second-order valence-corrected chi connectivity index (χ2v) is 12.2. The van der Waals surface area contributed by atoms with Gasteiger partial charge in [-0.3, -0.25) is 4.79 Å². The van der Waals surface area contributed by atoms with Crippen molar-refractivity contribution in [3.8, 4) is 16.9 Å². The molecule has 0 radical (unpaired) electrons. The first-order valence-electron chi connectivity index (χ1n) is 15.7. The van der Waals surface area contributed by atoms with E-state index in [2.05, 4.69) is 47.0 Å². The van der Waals surface area contributed by atoms with Gasteiger partial charge in [0, 0.05) is 35.2 Å². The first-order chi connectivity index (χ1) is 21.6. The lowest BCUT2D eigenvalue weighted by Crippen LogP contribution is -2.34. The van der Waals surface area contributed by atoms with Gasteiger partial charge in [0.1, 0.15) is 5.75 Å². The Kier molecular flexibility index (Phi) is 10.2. The molecule has 1 aliphatic rings. The summed E-state index contributed by atoms with van der Waals surface area (Å²) in [6, 6.07) is 16.4. The number of halogens is 3. The number of aliphatic hydroxyl groups excluding tert-OH is 1. The number of benzene rings is 3. The van der Waals surface area contributed by atoms with Crippen LogP contribution in [0, 0.1) is 0 Å². The van der Waals surface area contributed by atoms with E-state index in [-0.39, 0.29) is 12.5 Å². The van der Waals surface area contributed by atoms with Gasteiger partial charge in [0.25, 0.3) is 5.91 Å². The number of unbranched alkanes of at least 4 members (excludes halogenated alkanes) is 1. The fourth-order valence-electron chi connectivity index (χ4n) is 6.36. The SMILES string of the molecule is COc1ccc2c(c1)c(C1CCN(CCCCNC(=O)c3ccc(-c4ccc(C(F)(F)F)cc4)c(CO)c3)CC1)cn2C(C)C. The van der Waals surface area contributed by atoms with E-state index in [1.54, 1.807) is 25.3 Å². The summed E-state index contributed by atoms with van der Waals surface area (Å²) >= 11 is 0. The molecule has 1 aromatic heterocycles. The normalized spacial score (nSPS) is 14.8. The van der Waals surface area contributed by atoms with E-state index in [1.807, 2.05) is 6.07 Å². The highest BCUT2D eigenvalue weighted by Crippen LogP contribution is 2.37. The molecule has 9 heteroatoms. The van der Waals surface area contributed by atoms with Crippen LogP contribution in [0.25, 0.3) is 22.0 Å². The average molecular weight is 622 g/mol. The van der Waals surface area contributed by atoms with Crippen molar-refractivity contribution in [2.45, 2.75) is 64.3 Å². The van der Waals surface area contributed by atoms with Crippen LogP contribution in [-0.4, -0.2) is 53.8 Å². The minimum Gasteiger partial charge on any atom is -0.497 e. The van der Waals surface area contributed by atoms with Crippen LogP contribution in [0.2, 0.25) is 0 Å². The van der Waals surface area contributed by atoms with E-state index in [0.717, 1.165) is 63.2 Å². The quantitative estimate of drug-likeness (QED) is 0.168. The molecule has 240 valence electrons. The second-order valence-electron chi connectivity index (χ2n) is 12.2. The summed E-state index contributed by atoms with van der Waals surface area (Å²) in [6.07, 6.45) is 1.97. The summed E-state index contributed by atoms with van der Waals surface area (Å²) < 4.78 is 46.6. The number of aliphatic hydroxyl groups is 1. The number of alkyl halides is 3. The maximum Gasteiger partial charge on any atom is 0.416 e. The lowest BCUT2D eigenvalue weighted by Gasteiger charge is -2.32. The smallest absolute Gasteiger partial charge is 0.416 e. The number of piperidine rings is 1. The van der Waals surface area contributed by atoms with Gasteiger partial charge < -0.3 is 24.6 Å². The number of hydrogen-bond donors (Lipinski definition) is 2. The number of carbonyl (C=O) groups excluding carboxylic acids is 1. The van der Waals surface area contributed by atoms with Crippen molar-refractivity contribution in [2.75, 3.05) is 33.3 Å². The Morgan fingerprint density at radius 1 is 1.02 bits per heavy atom.